The van der Waals surface area contributed by atoms with Crippen LogP contribution in [0.15, 0.2) is 78.9 Å². The van der Waals surface area contributed by atoms with Gasteiger partial charge in [0.15, 0.2) is 6.54 Å². The van der Waals surface area contributed by atoms with Gasteiger partial charge in [0.05, 0.1) is 6.04 Å². The van der Waals surface area contributed by atoms with Gasteiger partial charge in [-0.3, -0.25) is 9.80 Å². The first-order valence-electron chi connectivity index (χ1n) is 11.5. The van der Waals surface area contributed by atoms with E-state index in [-0.39, 0.29) is 6.04 Å². The van der Waals surface area contributed by atoms with Gasteiger partial charge in [0.1, 0.15) is 19.4 Å². The van der Waals surface area contributed by atoms with Crippen molar-refractivity contribution in [2.24, 2.45) is 0 Å². The molecule has 1 atom stereocenters. The highest BCUT2D eigenvalue weighted by Gasteiger charge is 2.26. The van der Waals surface area contributed by atoms with E-state index in [9.17, 15) is 5.21 Å². The summed E-state index contributed by atoms with van der Waals surface area (Å²) in [7, 11) is 1.64. The molecule has 173 valence electrons. The molecule has 0 amide bonds. The summed E-state index contributed by atoms with van der Waals surface area (Å²) in [5.74, 6) is 0.847. The van der Waals surface area contributed by atoms with E-state index in [0.29, 0.717) is 13.2 Å². The van der Waals surface area contributed by atoms with Crippen molar-refractivity contribution >= 4 is 11.6 Å². The number of hydrogen-bond donors (Lipinski definition) is 1. The highest BCUT2D eigenvalue weighted by Crippen LogP contribution is 2.30. The van der Waals surface area contributed by atoms with Crippen LogP contribution in [0.1, 0.15) is 22.7 Å². The molecule has 5 nitrogen and oxygen atoms in total. The monoisotopic (exact) mass is 465 g/mol. The van der Waals surface area contributed by atoms with Crippen LogP contribution in [-0.4, -0.2) is 61.4 Å². The highest BCUT2D eigenvalue weighted by atomic mass is 35.5. The van der Waals surface area contributed by atoms with Crippen molar-refractivity contribution in [1.82, 2.24) is 14.9 Å². The van der Waals surface area contributed by atoms with Gasteiger partial charge in [-0.2, -0.15) is 5.21 Å². The van der Waals surface area contributed by atoms with E-state index in [1.165, 1.54) is 16.2 Å². The average molecular weight is 466 g/mol. The molecule has 33 heavy (non-hydrogen) atoms. The molecule has 3 aromatic carbocycles. The van der Waals surface area contributed by atoms with Crippen LogP contribution in [0.3, 0.4) is 0 Å². The van der Waals surface area contributed by atoms with Gasteiger partial charge in [-0.15, -0.1) is 0 Å². The van der Waals surface area contributed by atoms with Crippen LogP contribution in [0.4, 0.5) is 0 Å². The van der Waals surface area contributed by atoms with Crippen LogP contribution in [0.25, 0.3) is 0 Å². The van der Waals surface area contributed by atoms with E-state index < -0.39 is 0 Å². The Kier molecular flexibility index (Phi) is 8.37. The number of benzene rings is 3. The smallest absolute Gasteiger partial charge is 0.184 e. The third-order valence-corrected chi connectivity index (χ3v) is 6.31. The summed E-state index contributed by atoms with van der Waals surface area (Å²) < 4.78 is 5.99. The number of rotatable bonds is 9. The topological polar surface area (TPSA) is 41.8 Å². The molecule has 0 aromatic heterocycles. The average Bonchev–Trinajstić information content (AvgIpc) is 2.82. The predicted octanol–water partition coefficient (Wildman–Crippen LogP) is 4.79. The van der Waals surface area contributed by atoms with Crippen LogP contribution < -0.4 is 9.80 Å². The van der Waals surface area contributed by atoms with Crippen molar-refractivity contribution in [1.29, 1.82) is 0 Å². The molecule has 0 saturated carbocycles. The lowest BCUT2D eigenvalue weighted by molar-refractivity contribution is 0.0333. The van der Waals surface area contributed by atoms with Gasteiger partial charge >= 0.3 is 0 Å². The zero-order valence-electron chi connectivity index (χ0n) is 19.1. The van der Waals surface area contributed by atoms with E-state index in [4.69, 9.17) is 16.3 Å². The number of ether oxygens (including phenoxy) is 1. The summed E-state index contributed by atoms with van der Waals surface area (Å²) >= 11 is 6.15. The van der Waals surface area contributed by atoms with Gasteiger partial charge in [-0.25, -0.2) is 0 Å². The zero-order valence-corrected chi connectivity index (χ0v) is 19.9. The fourth-order valence-electron chi connectivity index (χ4n) is 4.43. The lowest BCUT2D eigenvalue weighted by atomic mass is 9.96. The van der Waals surface area contributed by atoms with Crippen molar-refractivity contribution in [2.75, 3.05) is 46.4 Å². The van der Waals surface area contributed by atoms with Gasteiger partial charge in [-0.05, 0) is 40.5 Å². The molecule has 1 fully saturated rings. The van der Waals surface area contributed by atoms with E-state index >= 15 is 0 Å². The van der Waals surface area contributed by atoms with Crippen LogP contribution in [-0.2, 0) is 6.54 Å². The van der Waals surface area contributed by atoms with Crippen molar-refractivity contribution in [3.8, 4) is 5.75 Å². The first-order valence-corrected chi connectivity index (χ1v) is 11.8. The SMILES string of the molecule is C[N+](O)Cc1cccc(OCCN2CCN([C@H](c3ccccc3)c3ccc(Cl)cc3)CC2)c1. The lowest BCUT2D eigenvalue weighted by Gasteiger charge is -2.39. The number of nitrogens with zero attached hydrogens (tertiary/aromatic N) is 3. The molecule has 1 saturated heterocycles. The maximum Gasteiger partial charge on any atom is 0.184 e. The Morgan fingerprint density at radius 3 is 2.30 bits per heavy atom. The van der Waals surface area contributed by atoms with Crippen LogP contribution in [0.5, 0.6) is 5.75 Å². The number of hydrogen-bond acceptors (Lipinski definition) is 5. The Morgan fingerprint density at radius 2 is 1.61 bits per heavy atom. The quantitative estimate of drug-likeness (QED) is 0.364. The van der Waals surface area contributed by atoms with E-state index in [2.05, 4.69) is 52.3 Å². The first kappa shape index (κ1) is 23.7. The maximum atomic E-state index is 9.44. The molecule has 1 aliphatic rings. The van der Waals surface area contributed by atoms with Crippen LogP contribution in [0, 0.1) is 0 Å². The van der Waals surface area contributed by atoms with Crippen molar-refractivity contribution in [3.05, 3.63) is 101 Å². The Morgan fingerprint density at radius 1 is 0.909 bits per heavy atom. The van der Waals surface area contributed by atoms with Gasteiger partial charge in [-0.1, -0.05) is 66.2 Å². The Hall–Kier alpha value is -2.41. The van der Waals surface area contributed by atoms with Crippen LogP contribution >= 0.6 is 11.6 Å². The molecule has 0 bridgehead atoms. The maximum absolute atomic E-state index is 9.44. The molecule has 6 heteroatoms. The summed E-state index contributed by atoms with van der Waals surface area (Å²) in [4.78, 5) is 5.02. The molecular weight excluding hydrogens is 434 g/mol. The van der Waals surface area contributed by atoms with E-state index in [0.717, 1.165) is 49.1 Å². The standard InChI is InChI=1S/C27H32ClN3O2/c1-29(32)21-22-6-5-9-26(20-22)33-19-18-30-14-16-31(17-15-30)27(23-7-3-2-4-8-23)24-10-12-25(28)13-11-24/h2-13,20,27,32H,14-19,21H2,1H3/q+1/t27-/m1/s1. The minimum Gasteiger partial charge on any atom is -0.492 e. The van der Waals surface area contributed by atoms with Crippen LogP contribution in [0.2, 0.25) is 5.02 Å². The summed E-state index contributed by atoms with van der Waals surface area (Å²) in [5.41, 5.74) is 3.61. The second-order valence-electron chi connectivity index (χ2n) is 8.55. The molecule has 0 unspecified atom stereocenters. The predicted molar refractivity (Wildman–Crippen MR) is 133 cm³/mol. The van der Waals surface area contributed by atoms with Gasteiger partial charge in [0.25, 0.3) is 0 Å². The van der Waals surface area contributed by atoms with Crippen molar-refractivity contribution in [2.45, 2.75) is 12.6 Å². The molecule has 1 radical (unpaired) electrons. The third-order valence-electron chi connectivity index (χ3n) is 6.06. The molecule has 1 heterocycles. The highest BCUT2D eigenvalue weighted by molar-refractivity contribution is 6.30. The second kappa shape index (κ2) is 11.6. The van der Waals surface area contributed by atoms with E-state index in [1.54, 1.807) is 7.05 Å². The summed E-state index contributed by atoms with van der Waals surface area (Å²) in [6, 6.07) is 27.1. The molecule has 0 spiro atoms. The fraction of sp³-hybridized carbons (Fsp3) is 0.333. The van der Waals surface area contributed by atoms with E-state index in [1.807, 2.05) is 36.4 Å². The fourth-order valence-corrected chi connectivity index (χ4v) is 4.56. The number of halogens is 1. The molecule has 0 aliphatic carbocycles. The Balaban J connectivity index is 1.32. The second-order valence-corrected chi connectivity index (χ2v) is 8.99. The largest absolute Gasteiger partial charge is 0.492 e. The summed E-state index contributed by atoms with van der Waals surface area (Å²) in [5, 5.41) is 11.4. The zero-order chi connectivity index (χ0) is 23.0. The first-order chi connectivity index (χ1) is 16.1. The van der Waals surface area contributed by atoms with Crippen molar-refractivity contribution in [3.63, 3.8) is 0 Å². The lowest BCUT2D eigenvalue weighted by Crippen LogP contribution is -2.48. The Bertz CT molecular complexity index is 990. The van der Waals surface area contributed by atoms with Gasteiger partial charge in [0, 0.05) is 43.3 Å². The normalized spacial score (nSPS) is 16.1. The summed E-state index contributed by atoms with van der Waals surface area (Å²) in [6.45, 7) is 6.05. The van der Waals surface area contributed by atoms with Gasteiger partial charge < -0.3 is 4.74 Å². The molecule has 1 aliphatic heterocycles. The molecular formula is C27H32ClN3O2+. The van der Waals surface area contributed by atoms with Crippen molar-refractivity contribution < 1.29 is 9.94 Å². The third kappa shape index (κ3) is 6.79. The number of hydroxylamine groups is 2. The number of piperazine rings is 1. The molecule has 4 rings (SSSR count). The molecule has 3 aromatic rings. The Labute approximate surface area is 201 Å². The van der Waals surface area contributed by atoms with Gasteiger partial charge in [0.2, 0.25) is 0 Å². The molecule has 1 N–H and O–H groups in total. The minimum atomic E-state index is 0.231. The summed E-state index contributed by atoms with van der Waals surface area (Å²) in [6.07, 6.45) is 0. The minimum absolute atomic E-state index is 0.231.